The molecule has 8 heteroatoms. The van der Waals surface area contributed by atoms with Gasteiger partial charge >= 0.3 is 0 Å². The van der Waals surface area contributed by atoms with E-state index in [9.17, 15) is 4.79 Å². The van der Waals surface area contributed by atoms with E-state index >= 15 is 0 Å². The van der Waals surface area contributed by atoms with Crippen molar-refractivity contribution < 1.29 is 9.42 Å². The highest BCUT2D eigenvalue weighted by molar-refractivity contribution is 6.31. The van der Waals surface area contributed by atoms with Gasteiger partial charge in [-0.15, -0.1) is 0 Å². The molecule has 2 aromatic heterocycles. The number of amides is 1. The molecule has 0 unspecified atom stereocenters. The summed E-state index contributed by atoms with van der Waals surface area (Å²) >= 11 is 6.20. The van der Waals surface area contributed by atoms with Crippen molar-refractivity contribution in [3.8, 4) is 0 Å². The fraction of sp³-hybridized carbons (Fsp3) is 0.250. The summed E-state index contributed by atoms with van der Waals surface area (Å²) < 4.78 is 6.32. The maximum atomic E-state index is 12.3. The average molecular weight is 346 g/mol. The number of aryl methyl sites for hydroxylation is 2. The second kappa shape index (κ2) is 6.84. The van der Waals surface area contributed by atoms with Crippen LogP contribution in [0.5, 0.6) is 0 Å². The molecule has 2 heterocycles. The van der Waals surface area contributed by atoms with Crippen molar-refractivity contribution in [2.75, 3.05) is 5.32 Å². The Kier molecular flexibility index (Phi) is 4.61. The van der Waals surface area contributed by atoms with Crippen molar-refractivity contribution in [2.45, 2.75) is 26.8 Å². The van der Waals surface area contributed by atoms with Gasteiger partial charge in [0.15, 0.2) is 0 Å². The highest BCUT2D eigenvalue weighted by atomic mass is 35.5. The van der Waals surface area contributed by atoms with Crippen molar-refractivity contribution in [3.63, 3.8) is 0 Å². The summed E-state index contributed by atoms with van der Waals surface area (Å²) in [5.41, 5.74) is 2.91. The maximum absolute atomic E-state index is 12.3. The molecule has 0 aliphatic carbocycles. The van der Waals surface area contributed by atoms with Gasteiger partial charge in [0.05, 0.1) is 19.2 Å². The molecule has 0 spiro atoms. The number of hydrogen-bond acceptors (Lipinski definition) is 5. The molecule has 24 heavy (non-hydrogen) atoms. The number of rotatable bonds is 5. The van der Waals surface area contributed by atoms with Crippen LogP contribution in [-0.2, 0) is 17.8 Å². The molecule has 0 aliphatic rings. The van der Waals surface area contributed by atoms with Gasteiger partial charge in [-0.1, -0.05) is 40.1 Å². The molecule has 1 amide bonds. The van der Waals surface area contributed by atoms with E-state index in [1.165, 1.54) is 0 Å². The Morgan fingerprint density at radius 2 is 2.08 bits per heavy atom. The fourth-order valence-corrected chi connectivity index (χ4v) is 2.48. The minimum Gasteiger partial charge on any atom is -0.310 e. The Bertz CT molecular complexity index is 871. The Morgan fingerprint density at radius 3 is 2.79 bits per heavy atom. The lowest BCUT2D eigenvalue weighted by Crippen LogP contribution is -2.19. The number of nitrogens with one attached hydrogen (secondary N) is 1. The van der Waals surface area contributed by atoms with Crippen LogP contribution in [0.2, 0.25) is 5.02 Å². The maximum Gasteiger partial charge on any atom is 0.231 e. The number of anilines is 1. The third-order valence-corrected chi connectivity index (χ3v) is 4.00. The second-order valence-electron chi connectivity index (χ2n) is 5.45. The SMILES string of the molecule is Cc1cnn(Cc2ccccc2Cl)c1NC(=O)Cc1nonc1C. The van der Waals surface area contributed by atoms with E-state index in [1.54, 1.807) is 17.8 Å². The first-order chi connectivity index (χ1) is 11.5. The quantitative estimate of drug-likeness (QED) is 0.768. The van der Waals surface area contributed by atoms with Crippen LogP contribution in [0.4, 0.5) is 5.82 Å². The van der Waals surface area contributed by atoms with Crippen LogP contribution in [0.1, 0.15) is 22.5 Å². The molecular formula is C16H16ClN5O2. The van der Waals surface area contributed by atoms with Crippen LogP contribution in [0.15, 0.2) is 35.1 Å². The van der Waals surface area contributed by atoms with E-state index in [1.807, 2.05) is 31.2 Å². The Morgan fingerprint density at radius 1 is 1.29 bits per heavy atom. The molecule has 124 valence electrons. The van der Waals surface area contributed by atoms with Gasteiger partial charge in [-0.3, -0.25) is 4.79 Å². The predicted octanol–water partition coefficient (Wildman–Crippen LogP) is 2.77. The molecule has 0 atom stereocenters. The van der Waals surface area contributed by atoms with Gasteiger partial charge < -0.3 is 5.32 Å². The number of nitrogens with zero attached hydrogens (tertiary/aromatic N) is 4. The first-order valence-electron chi connectivity index (χ1n) is 7.38. The first kappa shape index (κ1) is 16.2. The summed E-state index contributed by atoms with van der Waals surface area (Å²) in [6.07, 6.45) is 1.79. The largest absolute Gasteiger partial charge is 0.310 e. The van der Waals surface area contributed by atoms with Gasteiger partial charge in [-0.2, -0.15) is 5.10 Å². The van der Waals surface area contributed by atoms with Gasteiger partial charge in [-0.05, 0) is 25.5 Å². The van der Waals surface area contributed by atoms with Crippen LogP contribution in [0, 0.1) is 13.8 Å². The molecule has 0 bridgehead atoms. The van der Waals surface area contributed by atoms with Gasteiger partial charge in [0.2, 0.25) is 5.91 Å². The van der Waals surface area contributed by atoms with Crippen molar-refractivity contribution in [2.24, 2.45) is 0 Å². The first-order valence-corrected chi connectivity index (χ1v) is 7.76. The molecule has 0 aliphatic heterocycles. The minimum absolute atomic E-state index is 0.0893. The zero-order valence-corrected chi connectivity index (χ0v) is 14.0. The van der Waals surface area contributed by atoms with E-state index in [-0.39, 0.29) is 12.3 Å². The Labute approximate surface area is 143 Å². The molecule has 0 radical (unpaired) electrons. The van der Waals surface area contributed by atoms with Gasteiger partial charge in [0, 0.05) is 10.6 Å². The molecule has 0 saturated carbocycles. The predicted molar refractivity (Wildman–Crippen MR) is 88.9 cm³/mol. The summed E-state index contributed by atoms with van der Waals surface area (Å²) in [6, 6.07) is 7.54. The molecule has 7 nitrogen and oxygen atoms in total. The minimum atomic E-state index is -0.210. The van der Waals surface area contributed by atoms with Crippen molar-refractivity contribution in [1.29, 1.82) is 0 Å². The lowest BCUT2D eigenvalue weighted by Gasteiger charge is -2.11. The summed E-state index contributed by atoms with van der Waals surface area (Å²) in [5, 5.41) is 15.2. The van der Waals surface area contributed by atoms with E-state index in [4.69, 9.17) is 11.6 Å². The van der Waals surface area contributed by atoms with Crippen LogP contribution in [0.25, 0.3) is 0 Å². The van der Waals surface area contributed by atoms with Crippen LogP contribution in [-0.4, -0.2) is 26.0 Å². The van der Waals surface area contributed by atoms with E-state index in [0.29, 0.717) is 28.8 Å². The lowest BCUT2D eigenvalue weighted by molar-refractivity contribution is -0.115. The molecule has 3 aromatic rings. The van der Waals surface area contributed by atoms with E-state index in [2.05, 4.69) is 25.4 Å². The molecule has 3 rings (SSSR count). The topological polar surface area (TPSA) is 85.8 Å². The summed E-state index contributed by atoms with van der Waals surface area (Å²) in [4.78, 5) is 12.3. The van der Waals surface area contributed by atoms with E-state index < -0.39 is 0 Å². The molecular weight excluding hydrogens is 330 g/mol. The second-order valence-corrected chi connectivity index (χ2v) is 5.85. The molecule has 1 aromatic carbocycles. The zero-order valence-electron chi connectivity index (χ0n) is 13.3. The normalized spacial score (nSPS) is 10.8. The molecule has 1 N–H and O–H groups in total. The summed E-state index contributed by atoms with van der Waals surface area (Å²) in [6.45, 7) is 4.09. The number of benzene rings is 1. The van der Waals surface area contributed by atoms with Gasteiger partial charge in [-0.25, -0.2) is 9.31 Å². The number of aromatic nitrogens is 4. The van der Waals surface area contributed by atoms with Crippen molar-refractivity contribution >= 4 is 23.3 Å². The number of carbonyl (C=O) groups is 1. The molecule has 0 saturated heterocycles. The highest BCUT2D eigenvalue weighted by Gasteiger charge is 2.15. The van der Waals surface area contributed by atoms with Crippen molar-refractivity contribution in [1.82, 2.24) is 20.1 Å². The van der Waals surface area contributed by atoms with Gasteiger partial charge in [0.1, 0.15) is 17.2 Å². The Balaban J connectivity index is 1.76. The van der Waals surface area contributed by atoms with Gasteiger partial charge in [0.25, 0.3) is 0 Å². The number of halogens is 1. The average Bonchev–Trinajstić information content (AvgIpc) is 3.10. The van der Waals surface area contributed by atoms with Crippen LogP contribution in [0.3, 0.4) is 0 Å². The fourth-order valence-electron chi connectivity index (χ4n) is 2.29. The summed E-state index contributed by atoms with van der Waals surface area (Å²) in [5.74, 6) is 0.423. The summed E-state index contributed by atoms with van der Waals surface area (Å²) in [7, 11) is 0. The molecule has 0 fully saturated rings. The number of carbonyl (C=O) groups excluding carboxylic acids is 1. The third kappa shape index (κ3) is 3.46. The lowest BCUT2D eigenvalue weighted by atomic mass is 10.2. The Hall–Kier alpha value is -2.67. The smallest absolute Gasteiger partial charge is 0.231 e. The monoisotopic (exact) mass is 345 g/mol. The standard InChI is InChI=1S/C16H16ClN5O2/c1-10-8-18-22(9-12-5-3-4-6-13(12)17)16(10)19-15(23)7-14-11(2)20-24-21-14/h3-6,8H,7,9H2,1-2H3,(H,19,23). The third-order valence-electron chi connectivity index (χ3n) is 3.63. The zero-order chi connectivity index (χ0) is 17.1. The van der Waals surface area contributed by atoms with Crippen LogP contribution < -0.4 is 5.32 Å². The van der Waals surface area contributed by atoms with Crippen LogP contribution >= 0.6 is 11.6 Å². The van der Waals surface area contributed by atoms with E-state index in [0.717, 1.165) is 11.1 Å². The number of hydrogen-bond donors (Lipinski definition) is 1. The highest BCUT2D eigenvalue weighted by Crippen LogP contribution is 2.20. The van der Waals surface area contributed by atoms with Crippen molar-refractivity contribution in [3.05, 3.63) is 58.0 Å².